The van der Waals surface area contributed by atoms with Crippen LogP contribution >= 0.6 is 0 Å². The molecule has 0 bridgehead atoms. The topological polar surface area (TPSA) is 51.3 Å². The first-order valence-corrected chi connectivity index (χ1v) is 7.19. The highest BCUT2D eigenvalue weighted by molar-refractivity contribution is 5.94. The lowest BCUT2D eigenvalue weighted by atomic mass is 9.96. The minimum Gasteiger partial charge on any atom is -0.397 e. The molecule has 0 aromatic carbocycles. The van der Waals surface area contributed by atoms with Crippen molar-refractivity contribution in [2.45, 2.75) is 37.9 Å². The average molecular weight is 301 g/mol. The summed E-state index contributed by atoms with van der Waals surface area (Å²) in [6.45, 7) is 0.303. The molecule has 3 rings (SSSR count). The first kappa shape index (κ1) is 14.3. The molecule has 7 heteroatoms. The van der Waals surface area contributed by atoms with Crippen molar-refractivity contribution in [1.29, 1.82) is 0 Å². The van der Waals surface area contributed by atoms with E-state index in [0.29, 0.717) is 17.4 Å². The third kappa shape index (κ3) is 2.87. The Morgan fingerprint density at radius 1 is 1.19 bits per heavy atom. The quantitative estimate of drug-likeness (QED) is 0.913. The Bertz CT molecular complexity index is 540. The molecule has 21 heavy (non-hydrogen) atoms. The molecule has 2 fully saturated rings. The van der Waals surface area contributed by atoms with Gasteiger partial charge >= 0.3 is 6.18 Å². The zero-order valence-electron chi connectivity index (χ0n) is 11.6. The van der Waals surface area contributed by atoms with Crippen molar-refractivity contribution in [1.82, 2.24) is 9.47 Å². The Morgan fingerprint density at radius 2 is 1.81 bits per heavy atom. The van der Waals surface area contributed by atoms with Gasteiger partial charge in [-0.1, -0.05) is 0 Å². The normalized spacial score (nSPS) is 20.8. The van der Waals surface area contributed by atoms with Crippen LogP contribution in [0.2, 0.25) is 0 Å². The summed E-state index contributed by atoms with van der Waals surface area (Å²) in [4.78, 5) is 14.0. The summed E-state index contributed by atoms with van der Waals surface area (Å²) in [6.07, 6.45) is -0.417. The van der Waals surface area contributed by atoms with Crippen molar-refractivity contribution in [2.24, 2.45) is 5.92 Å². The summed E-state index contributed by atoms with van der Waals surface area (Å²) in [5, 5.41) is 0. The van der Waals surface area contributed by atoms with Crippen LogP contribution in [0.1, 0.15) is 42.2 Å². The van der Waals surface area contributed by atoms with Gasteiger partial charge in [-0.15, -0.1) is 0 Å². The number of hydrogen-bond acceptors (Lipinski definition) is 2. The molecule has 1 aliphatic carbocycles. The molecule has 1 saturated carbocycles. The Hall–Kier alpha value is -1.66. The van der Waals surface area contributed by atoms with Gasteiger partial charge in [0.15, 0.2) is 0 Å². The van der Waals surface area contributed by atoms with Gasteiger partial charge in [0.1, 0.15) is 5.69 Å². The van der Waals surface area contributed by atoms with Crippen LogP contribution in [0.15, 0.2) is 12.3 Å². The fraction of sp³-hybridized carbons (Fsp3) is 0.643. The van der Waals surface area contributed by atoms with E-state index in [9.17, 15) is 18.0 Å². The smallest absolute Gasteiger partial charge is 0.391 e. The highest BCUT2D eigenvalue weighted by atomic mass is 19.4. The Labute approximate surface area is 120 Å². The van der Waals surface area contributed by atoms with E-state index in [1.54, 1.807) is 12.3 Å². The molecule has 1 aromatic rings. The second-order valence-corrected chi connectivity index (χ2v) is 5.91. The number of piperidine rings is 1. The summed E-state index contributed by atoms with van der Waals surface area (Å²) >= 11 is 0. The maximum Gasteiger partial charge on any atom is 0.391 e. The van der Waals surface area contributed by atoms with Gasteiger partial charge in [0, 0.05) is 25.3 Å². The van der Waals surface area contributed by atoms with Gasteiger partial charge in [0.25, 0.3) is 5.91 Å². The van der Waals surface area contributed by atoms with Gasteiger partial charge < -0.3 is 15.2 Å². The maximum absolute atomic E-state index is 12.6. The fourth-order valence-electron chi connectivity index (χ4n) is 2.90. The van der Waals surface area contributed by atoms with E-state index in [4.69, 9.17) is 5.73 Å². The van der Waals surface area contributed by atoms with Crippen LogP contribution in [0.25, 0.3) is 0 Å². The highest BCUT2D eigenvalue weighted by Crippen LogP contribution is 2.38. The maximum atomic E-state index is 12.6. The van der Waals surface area contributed by atoms with E-state index >= 15 is 0 Å². The van der Waals surface area contributed by atoms with Crippen molar-refractivity contribution in [3.63, 3.8) is 0 Å². The number of alkyl halides is 3. The number of halogens is 3. The molecule has 116 valence electrons. The van der Waals surface area contributed by atoms with Crippen LogP contribution < -0.4 is 5.73 Å². The van der Waals surface area contributed by atoms with Crippen molar-refractivity contribution in [2.75, 3.05) is 18.8 Å². The second-order valence-electron chi connectivity index (χ2n) is 5.91. The summed E-state index contributed by atoms with van der Waals surface area (Å²) in [7, 11) is 0. The van der Waals surface area contributed by atoms with Crippen LogP contribution in [-0.2, 0) is 0 Å². The van der Waals surface area contributed by atoms with Crippen molar-refractivity contribution in [3.8, 4) is 0 Å². The molecule has 0 radical (unpaired) electrons. The van der Waals surface area contributed by atoms with E-state index in [-0.39, 0.29) is 31.8 Å². The number of anilines is 1. The lowest BCUT2D eigenvalue weighted by Gasteiger charge is -2.33. The van der Waals surface area contributed by atoms with Gasteiger partial charge in [-0.2, -0.15) is 13.2 Å². The molecule has 1 aromatic heterocycles. The molecule has 1 aliphatic heterocycles. The first-order chi connectivity index (χ1) is 9.86. The van der Waals surface area contributed by atoms with Crippen molar-refractivity contribution in [3.05, 3.63) is 18.0 Å². The van der Waals surface area contributed by atoms with Crippen LogP contribution in [-0.4, -0.2) is 34.6 Å². The number of amides is 1. The number of carbonyl (C=O) groups is 1. The van der Waals surface area contributed by atoms with Crippen LogP contribution in [0, 0.1) is 5.92 Å². The third-order valence-corrected chi connectivity index (χ3v) is 4.27. The molecule has 2 aliphatic rings. The van der Waals surface area contributed by atoms with Crippen molar-refractivity contribution >= 4 is 11.6 Å². The number of nitrogens with two attached hydrogens (primary N) is 1. The minimum atomic E-state index is -4.16. The van der Waals surface area contributed by atoms with Crippen molar-refractivity contribution < 1.29 is 18.0 Å². The third-order valence-electron chi connectivity index (χ3n) is 4.27. The number of carbonyl (C=O) groups excluding carboxylic acids is 1. The zero-order chi connectivity index (χ0) is 15.2. The number of aromatic nitrogens is 1. The molecular weight excluding hydrogens is 283 g/mol. The Morgan fingerprint density at radius 3 is 2.33 bits per heavy atom. The largest absolute Gasteiger partial charge is 0.397 e. The van der Waals surface area contributed by atoms with Gasteiger partial charge in [0.2, 0.25) is 0 Å². The number of rotatable bonds is 2. The molecule has 1 amide bonds. The van der Waals surface area contributed by atoms with Gasteiger partial charge in [-0.25, -0.2) is 0 Å². The Balaban J connectivity index is 1.70. The number of nitrogen functional groups attached to an aromatic ring is 1. The first-order valence-electron chi connectivity index (χ1n) is 7.19. The monoisotopic (exact) mass is 301 g/mol. The zero-order valence-corrected chi connectivity index (χ0v) is 11.6. The fourth-order valence-corrected chi connectivity index (χ4v) is 2.90. The van der Waals surface area contributed by atoms with Gasteiger partial charge in [0.05, 0.1) is 11.6 Å². The molecule has 1 saturated heterocycles. The average Bonchev–Trinajstić information content (AvgIpc) is 3.20. The minimum absolute atomic E-state index is 0.0190. The lowest BCUT2D eigenvalue weighted by molar-refractivity contribution is -0.183. The molecule has 0 atom stereocenters. The Kier molecular flexibility index (Phi) is 3.37. The summed E-state index contributed by atoms with van der Waals surface area (Å²) in [6, 6.07) is 1.94. The van der Waals surface area contributed by atoms with E-state index in [1.165, 1.54) is 4.90 Å². The number of nitrogens with zero attached hydrogens (tertiary/aromatic N) is 2. The van der Waals surface area contributed by atoms with E-state index in [0.717, 1.165) is 12.8 Å². The van der Waals surface area contributed by atoms with E-state index in [2.05, 4.69) is 0 Å². The van der Waals surface area contributed by atoms with Gasteiger partial charge in [-0.05, 0) is 31.7 Å². The molecule has 0 unspecified atom stereocenters. The molecular formula is C14H18F3N3O. The number of hydrogen-bond donors (Lipinski definition) is 1. The van der Waals surface area contributed by atoms with Gasteiger partial charge in [-0.3, -0.25) is 4.79 Å². The van der Waals surface area contributed by atoms with E-state index in [1.807, 2.05) is 4.57 Å². The molecule has 2 heterocycles. The molecule has 2 N–H and O–H groups in total. The summed E-state index contributed by atoms with van der Waals surface area (Å²) in [5.41, 5.74) is 6.78. The summed E-state index contributed by atoms with van der Waals surface area (Å²) < 4.78 is 39.8. The SMILES string of the molecule is Nc1cc(C(=O)N2CCC(C(F)(F)F)CC2)n(C2CC2)c1. The summed E-state index contributed by atoms with van der Waals surface area (Å²) in [5.74, 6) is -1.50. The van der Waals surface area contributed by atoms with Crippen LogP contribution in [0.5, 0.6) is 0 Å². The number of likely N-dealkylation sites (tertiary alicyclic amines) is 1. The predicted molar refractivity (Wildman–Crippen MR) is 71.8 cm³/mol. The lowest BCUT2D eigenvalue weighted by Crippen LogP contribution is -2.42. The molecule has 0 spiro atoms. The highest BCUT2D eigenvalue weighted by Gasteiger charge is 2.42. The standard InChI is InChI=1S/C14H18F3N3O/c15-14(16,17)9-3-5-19(6-4-9)13(21)12-7-10(18)8-20(12)11-1-2-11/h7-9,11H,1-6,18H2. The second kappa shape index (κ2) is 4.96. The van der Waals surface area contributed by atoms with E-state index < -0.39 is 12.1 Å². The van der Waals surface area contributed by atoms with Crippen LogP contribution in [0.4, 0.5) is 18.9 Å². The predicted octanol–water partition coefficient (Wildman–Crippen LogP) is 2.82. The molecule has 4 nitrogen and oxygen atoms in total. The van der Waals surface area contributed by atoms with Crippen LogP contribution in [0.3, 0.4) is 0 Å².